The lowest BCUT2D eigenvalue weighted by atomic mass is 9.96. The first-order chi connectivity index (χ1) is 12.8. The van der Waals surface area contributed by atoms with Crippen LogP contribution < -0.4 is 14.8 Å². The quantitative estimate of drug-likeness (QED) is 0.835. The van der Waals surface area contributed by atoms with Crippen LogP contribution in [0.4, 0.5) is 5.69 Å². The van der Waals surface area contributed by atoms with Crippen molar-refractivity contribution in [3.63, 3.8) is 0 Å². The van der Waals surface area contributed by atoms with Crippen LogP contribution in [0.3, 0.4) is 0 Å². The van der Waals surface area contributed by atoms with Gasteiger partial charge >= 0.3 is 0 Å². The molecule has 1 aromatic rings. The molecule has 3 aliphatic rings. The summed E-state index contributed by atoms with van der Waals surface area (Å²) in [5, 5.41) is 3.58. The number of fused-ring (bicyclic) bond motifs is 1. The second-order valence-electron chi connectivity index (χ2n) is 7.47. The third kappa shape index (κ3) is 4.14. The Kier molecular flexibility index (Phi) is 5.32. The van der Waals surface area contributed by atoms with E-state index in [1.807, 2.05) is 23.1 Å². The summed E-state index contributed by atoms with van der Waals surface area (Å²) in [5.74, 6) is 1.89. The molecule has 2 heterocycles. The molecule has 0 saturated carbocycles. The second kappa shape index (κ2) is 8.02. The molecule has 1 atom stereocenters. The van der Waals surface area contributed by atoms with Crippen molar-refractivity contribution in [1.29, 1.82) is 0 Å². The van der Waals surface area contributed by atoms with Crippen LogP contribution in [0, 0.1) is 0 Å². The SMILES string of the molecule is O=C(CC1=CCCCC1)N1CCC[C@@H](Nc2ccc3c(c2)OCCO3)C1. The highest BCUT2D eigenvalue weighted by Crippen LogP contribution is 2.33. The molecule has 5 heteroatoms. The minimum atomic E-state index is 0.284. The van der Waals surface area contributed by atoms with E-state index < -0.39 is 0 Å². The number of amides is 1. The molecule has 4 rings (SSSR count). The molecule has 1 N–H and O–H groups in total. The molecular weight excluding hydrogens is 328 g/mol. The van der Waals surface area contributed by atoms with Gasteiger partial charge in [-0.15, -0.1) is 0 Å². The van der Waals surface area contributed by atoms with E-state index in [-0.39, 0.29) is 11.9 Å². The Morgan fingerprint density at radius 1 is 1.15 bits per heavy atom. The first-order valence-electron chi connectivity index (χ1n) is 9.90. The summed E-state index contributed by atoms with van der Waals surface area (Å²) in [5.41, 5.74) is 2.37. The Morgan fingerprint density at radius 2 is 2.04 bits per heavy atom. The third-order valence-electron chi connectivity index (χ3n) is 5.45. The number of allylic oxidation sites excluding steroid dienone is 1. The Bertz CT molecular complexity index is 686. The van der Waals surface area contributed by atoms with Crippen LogP contribution in [0.15, 0.2) is 29.8 Å². The summed E-state index contributed by atoms with van der Waals surface area (Å²) in [6.45, 7) is 2.86. The fourth-order valence-electron chi connectivity index (χ4n) is 4.06. The van der Waals surface area contributed by atoms with Crippen molar-refractivity contribution >= 4 is 11.6 Å². The molecule has 5 nitrogen and oxygen atoms in total. The predicted molar refractivity (Wildman–Crippen MR) is 102 cm³/mol. The number of likely N-dealkylation sites (tertiary alicyclic amines) is 1. The van der Waals surface area contributed by atoms with Gasteiger partial charge in [0, 0.05) is 37.3 Å². The molecule has 1 fully saturated rings. The lowest BCUT2D eigenvalue weighted by molar-refractivity contribution is -0.131. The lowest BCUT2D eigenvalue weighted by Gasteiger charge is -2.34. The number of hydrogen-bond acceptors (Lipinski definition) is 4. The van der Waals surface area contributed by atoms with Gasteiger partial charge in [0.05, 0.1) is 0 Å². The first kappa shape index (κ1) is 17.3. The Morgan fingerprint density at radius 3 is 2.88 bits per heavy atom. The molecule has 1 saturated heterocycles. The van der Waals surface area contributed by atoms with Crippen LogP contribution in [0.5, 0.6) is 11.5 Å². The van der Waals surface area contributed by atoms with E-state index in [4.69, 9.17) is 9.47 Å². The minimum absolute atomic E-state index is 0.284. The van der Waals surface area contributed by atoms with Gasteiger partial charge in [-0.05, 0) is 50.7 Å². The zero-order valence-electron chi connectivity index (χ0n) is 15.3. The molecule has 0 unspecified atom stereocenters. The summed E-state index contributed by atoms with van der Waals surface area (Å²) >= 11 is 0. The molecule has 0 bridgehead atoms. The van der Waals surface area contributed by atoms with E-state index in [9.17, 15) is 4.79 Å². The van der Waals surface area contributed by atoms with Gasteiger partial charge in [-0.1, -0.05) is 11.6 Å². The van der Waals surface area contributed by atoms with Crippen molar-refractivity contribution in [2.75, 3.05) is 31.6 Å². The zero-order valence-corrected chi connectivity index (χ0v) is 15.3. The van der Waals surface area contributed by atoms with E-state index in [0.717, 1.165) is 56.0 Å². The van der Waals surface area contributed by atoms with Gasteiger partial charge in [0.2, 0.25) is 5.91 Å². The highest BCUT2D eigenvalue weighted by Gasteiger charge is 2.24. The van der Waals surface area contributed by atoms with Crippen molar-refractivity contribution in [3.05, 3.63) is 29.8 Å². The van der Waals surface area contributed by atoms with Crippen LogP contribution in [-0.2, 0) is 4.79 Å². The smallest absolute Gasteiger partial charge is 0.226 e. The average molecular weight is 356 g/mol. The number of benzene rings is 1. The standard InChI is InChI=1S/C21H28N2O3/c24-21(13-16-5-2-1-3-6-16)23-10-4-7-18(15-23)22-17-8-9-19-20(14-17)26-12-11-25-19/h5,8-9,14,18,22H,1-4,6-7,10-13,15H2/t18-/m1/s1. The third-order valence-corrected chi connectivity index (χ3v) is 5.45. The largest absolute Gasteiger partial charge is 0.486 e. The van der Waals surface area contributed by atoms with Gasteiger partial charge in [0.1, 0.15) is 13.2 Å². The van der Waals surface area contributed by atoms with Crippen LogP contribution in [0.2, 0.25) is 0 Å². The maximum Gasteiger partial charge on any atom is 0.226 e. The first-order valence-corrected chi connectivity index (χ1v) is 9.90. The van der Waals surface area contributed by atoms with Gasteiger partial charge in [-0.3, -0.25) is 4.79 Å². The molecule has 1 amide bonds. The van der Waals surface area contributed by atoms with Crippen LogP contribution in [0.1, 0.15) is 44.9 Å². The van der Waals surface area contributed by atoms with Crippen molar-refractivity contribution in [1.82, 2.24) is 4.90 Å². The van der Waals surface area contributed by atoms with Crippen molar-refractivity contribution in [3.8, 4) is 11.5 Å². The van der Waals surface area contributed by atoms with Gasteiger partial charge in [0.15, 0.2) is 11.5 Å². The molecule has 140 valence electrons. The second-order valence-corrected chi connectivity index (χ2v) is 7.47. The number of ether oxygens (including phenoxy) is 2. The van der Waals surface area contributed by atoms with E-state index >= 15 is 0 Å². The minimum Gasteiger partial charge on any atom is -0.486 e. The molecule has 0 aromatic heterocycles. The normalized spacial score (nSPS) is 22.5. The number of hydrogen-bond donors (Lipinski definition) is 1. The maximum atomic E-state index is 12.7. The van der Waals surface area contributed by atoms with Crippen LogP contribution in [0.25, 0.3) is 0 Å². The van der Waals surface area contributed by atoms with Crippen molar-refractivity contribution in [2.45, 2.75) is 51.0 Å². The van der Waals surface area contributed by atoms with E-state index in [2.05, 4.69) is 11.4 Å². The van der Waals surface area contributed by atoms with Gasteiger partial charge < -0.3 is 19.7 Å². The summed E-state index contributed by atoms with van der Waals surface area (Å²) in [6.07, 6.45) is 9.74. The Hall–Kier alpha value is -2.17. The lowest BCUT2D eigenvalue weighted by Crippen LogP contribution is -2.45. The van der Waals surface area contributed by atoms with Crippen LogP contribution in [-0.4, -0.2) is 43.2 Å². The van der Waals surface area contributed by atoms with E-state index in [1.54, 1.807) is 0 Å². The topological polar surface area (TPSA) is 50.8 Å². The zero-order chi connectivity index (χ0) is 17.8. The van der Waals surface area contributed by atoms with Gasteiger partial charge in [-0.25, -0.2) is 0 Å². The molecule has 0 spiro atoms. The number of piperidine rings is 1. The van der Waals surface area contributed by atoms with Crippen molar-refractivity contribution < 1.29 is 14.3 Å². The molecular formula is C21H28N2O3. The van der Waals surface area contributed by atoms with Gasteiger partial charge in [0.25, 0.3) is 0 Å². The van der Waals surface area contributed by atoms with E-state index in [0.29, 0.717) is 19.6 Å². The predicted octanol–water partition coefficient (Wildman–Crippen LogP) is 3.75. The Balaban J connectivity index is 1.34. The molecule has 2 aliphatic heterocycles. The van der Waals surface area contributed by atoms with Crippen LogP contribution >= 0.6 is 0 Å². The fraction of sp³-hybridized carbons (Fsp3) is 0.571. The summed E-state index contributed by atoms with van der Waals surface area (Å²) < 4.78 is 11.2. The molecule has 1 aliphatic carbocycles. The molecule has 1 aromatic carbocycles. The summed E-state index contributed by atoms with van der Waals surface area (Å²) in [4.78, 5) is 14.7. The highest BCUT2D eigenvalue weighted by molar-refractivity contribution is 5.79. The van der Waals surface area contributed by atoms with E-state index in [1.165, 1.54) is 18.4 Å². The number of carbonyl (C=O) groups is 1. The fourth-order valence-corrected chi connectivity index (χ4v) is 4.06. The summed E-state index contributed by atoms with van der Waals surface area (Å²) in [7, 11) is 0. The van der Waals surface area contributed by atoms with Crippen molar-refractivity contribution in [2.24, 2.45) is 0 Å². The molecule has 0 radical (unpaired) electrons. The number of nitrogens with zero attached hydrogens (tertiary/aromatic N) is 1. The number of rotatable bonds is 4. The number of anilines is 1. The van der Waals surface area contributed by atoms with Gasteiger partial charge in [-0.2, -0.15) is 0 Å². The number of carbonyl (C=O) groups excluding carboxylic acids is 1. The monoisotopic (exact) mass is 356 g/mol. The maximum absolute atomic E-state index is 12.7. The summed E-state index contributed by atoms with van der Waals surface area (Å²) in [6, 6.07) is 6.28. The molecule has 26 heavy (non-hydrogen) atoms. The highest BCUT2D eigenvalue weighted by atomic mass is 16.6. The Labute approximate surface area is 155 Å². The average Bonchev–Trinajstić information content (AvgIpc) is 2.69. The number of nitrogens with one attached hydrogen (secondary N) is 1.